The molecule has 0 aromatic carbocycles. The summed E-state index contributed by atoms with van der Waals surface area (Å²) >= 11 is 47.3. The molecular formula is C48H88P4S8Sn. The van der Waals surface area contributed by atoms with Crippen molar-refractivity contribution in [3.05, 3.63) is 0 Å². The van der Waals surface area contributed by atoms with Gasteiger partial charge in [-0.3, -0.25) is 0 Å². The van der Waals surface area contributed by atoms with Gasteiger partial charge in [-0.15, -0.1) is 47.2 Å². The van der Waals surface area contributed by atoms with E-state index < -0.39 is 21.0 Å². The molecule has 0 saturated heterocycles. The molecular weight excluding hydrogens is 1080 g/mol. The topological polar surface area (TPSA) is 0 Å². The van der Waals surface area contributed by atoms with Crippen LogP contribution < -0.4 is 0 Å². The summed E-state index contributed by atoms with van der Waals surface area (Å²) in [5.74, 6) is 0. The van der Waals surface area contributed by atoms with E-state index in [1.54, 1.807) is 0 Å². The van der Waals surface area contributed by atoms with Gasteiger partial charge in [0.2, 0.25) is 0 Å². The van der Waals surface area contributed by atoms with Crippen molar-refractivity contribution in [1.29, 1.82) is 0 Å². The Kier molecular flexibility index (Phi) is 29.3. The molecule has 0 N–H and O–H groups in total. The van der Waals surface area contributed by atoms with Crippen LogP contribution in [0.1, 0.15) is 257 Å². The summed E-state index contributed by atoms with van der Waals surface area (Å²) in [5, 5.41) is -5.71. The zero-order valence-electron chi connectivity index (χ0n) is 38.5. The average molecular weight is 1160 g/mol. The molecule has 0 aromatic heterocycles. The van der Waals surface area contributed by atoms with Crippen LogP contribution in [0.2, 0.25) is 0 Å². The summed E-state index contributed by atoms with van der Waals surface area (Å²) in [4.78, 5) is 0. The van der Waals surface area contributed by atoms with Crippen LogP contribution in [0.25, 0.3) is 0 Å². The van der Waals surface area contributed by atoms with Gasteiger partial charge in [0, 0.05) is 0 Å². The quantitative estimate of drug-likeness (QED) is 0.132. The molecule has 0 atom stereocenters. The summed E-state index contributed by atoms with van der Waals surface area (Å²) in [5.41, 5.74) is 6.22. The second kappa shape index (κ2) is 30.6. The summed E-state index contributed by atoms with van der Waals surface area (Å²) in [7, 11) is 0. The minimum atomic E-state index is -1.43. The van der Waals surface area contributed by atoms with Crippen LogP contribution in [0, 0.1) is 0 Å². The predicted octanol–water partition coefficient (Wildman–Crippen LogP) is 18.0. The molecule has 0 amide bonds. The Bertz CT molecular complexity index is 1090. The smallest absolute Gasteiger partial charge is 0.746 e. The third-order valence-corrected chi connectivity index (χ3v) is 43.3. The van der Waals surface area contributed by atoms with E-state index in [9.17, 15) is 0 Å². The van der Waals surface area contributed by atoms with Crippen molar-refractivity contribution in [2.75, 3.05) is 0 Å². The zero-order valence-corrected chi connectivity index (χ0v) is 51.4. The first-order valence-electron chi connectivity index (χ1n) is 26.1. The van der Waals surface area contributed by atoms with E-state index in [-0.39, 0.29) is 23.9 Å². The van der Waals surface area contributed by atoms with Crippen LogP contribution in [0.5, 0.6) is 0 Å². The zero-order chi connectivity index (χ0) is 42.9. The molecule has 0 spiro atoms. The largest absolute Gasteiger partial charge is 4.00 e. The molecule has 8 rings (SSSR count). The fourth-order valence-electron chi connectivity index (χ4n) is 12.7. The fourth-order valence-corrected chi connectivity index (χ4v) is 33.9. The molecule has 0 unspecified atom stereocenters. The van der Waals surface area contributed by atoms with Crippen LogP contribution in [0.4, 0.5) is 0 Å². The van der Waals surface area contributed by atoms with Crippen LogP contribution >= 0.6 is 21.0 Å². The third-order valence-electron chi connectivity index (χ3n) is 16.7. The molecule has 0 aliphatic heterocycles. The monoisotopic (exact) mass is 1160 g/mol. The van der Waals surface area contributed by atoms with E-state index in [0.29, 0.717) is 0 Å². The summed E-state index contributed by atoms with van der Waals surface area (Å²) in [6.45, 7) is 0. The molecule has 352 valence electrons. The van der Waals surface area contributed by atoms with Gasteiger partial charge in [0.1, 0.15) is 0 Å². The van der Waals surface area contributed by atoms with Crippen molar-refractivity contribution in [3.63, 3.8) is 0 Å². The van der Waals surface area contributed by atoms with Crippen molar-refractivity contribution >= 4 is 141 Å². The van der Waals surface area contributed by atoms with Crippen molar-refractivity contribution in [3.8, 4) is 0 Å². The summed E-state index contributed by atoms with van der Waals surface area (Å²) in [6.07, 6.45) is 55.4. The molecule has 8 fully saturated rings. The Balaban J connectivity index is 0.000000178. The Morgan fingerprint density at radius 2 is 0.279 bits per heavy atom. The predicted molar refractivity (Wildman–Crippen MR) is 307 cm³/mol. The Labute approximate surface area is 438 Å². The van der Waals surface area contributed by atoms with Crippen LogP contribution in [0.15, 0.2) is 0 Å². The van der Waals surface area contributed by atoms with Gasteiger partial charge >= 0.3 is 23.9 Å². The standard InChI is InChI=1S/4C12H23PS2.Sn/c4*14-13(15,11-7-3-1-4-8-11)12-9-5-2-6-10-12;/h4*11-12H,1-10H2,(H,14,15);/q;;;;+4/p-4. The van der Waals surface area contributed by atoms with Gasteiger partial charge in [0.05, 0.1) is 0 Å². The number of hydrogen-bond acceptors (Lipinski definition) is 8. The van der Waals surface area contributed by atoms with Gasteiger partial charge in [-0.05, 0) is 148 Å². The number of hydrogen-bond donors (Lipinski definition) is 0. The first-order valence-corrected chi connectivity index (χ1v) is 41.9. The van der Waals surface area contributed by atoms with Crippen LogP contribution in [0.3, 0.4) is 0 Å². The maximum Gasteiger partial charge on any atom is 4.00 e. The van der Waals surface area contributed by atoms with E-state index in [1.807, 2.05) is 0 Å². The van der Waals surface area contributed by atoms with Crippen molar-refractivity contribution in [1.82, 2.24) is 0 Å². The van der Waals surface area contributed by atoms with Crippen LogP contribution in [-0.2, 0) is 96.2 Å². The minimum Gasteiger partial charge on any atom is -0.746 e. The second-order valence-corrected chi connectivity index (χ2v) is 49.2. The molecule has 8 saturated carbocycles. The van der Waals surface area contributed by atoms with Gasteiger partial charge in [0.25, 0.3) is 0 Å². The van der Waals surface area contributed by atoms with Crippen LogP contribution in [-0.4, -0.2) is 69.2 Å². The Morgan fingerprint density at radius 1 is 0.197 bits per heavy atom. The fraction of sp³-hybridized carbons (Fsp3) is 1.00. The first-order chi connectivity index (χ1) is 28.8. The SMILES string of the molecule is S=P([S-])(C1CCCCC1)C1CCCCC1.S=P([S-])(C1CCCCC1)C1CCCCC1.S=P([S-])(C1CCCCC1)C1CCCCC1.S=P([S-])(C1CCCCC1)C1CCCCC1.[Sn+4]. The summed E-state index contributed by atoms with van der Waals surface area (Å²) < 4.78 is 0. The van der Waals surface area contributed by atoms with Gasteiger partial charge < -0.3 is 49.0 Å². The maximum atomic E-state index is 5.91. The maximum absolute atomic E-state index is 5.91. The number of rotatable bonds is 8. The molecule has 13 heteroatoms. The molecule has 61 heavy (non-hydrogen) atoms. The molecule has 0 heterocycles. The summed E-state index contributed by atoms with van der Waals surface area (Å²) in [6, 6.07) is 0. The van der Waals surface area contributed by atoms with Crippen molar-refractivity contribution < 1.29 is 0 Å². The van der Waals surface area contributed by atoms with Gasteiger partial charge in [-0.25, -0.2) is 0 Å². The van der Waals surface area contributed by atoms with E-state index in [2.05, 4.69) is 0 Å². The van der Waals surface area contributed by atoms with Crippen molar-refractivity contribution in [2.24, 2.45) is 0 Å². The molecule has 0 aromatic rings. The molecule has 0 radical (unpaired) electrons. The molecule has 8 aliphatic carbocycles. The minimum absolute atomic E-state index is 0. The van der Waals surface area contributed by atoms with Crippen molar-refractivity contribution in [2.45, 2.75) is 302 Å². The molecule has 0 bridgehead atoms. The average Bonchev–Trinajstić information content (AvgIpc) is 3.32. The van der Waals surface area contributed by atoms with E-state index >= 15 is 0 Å². The normalized spacial score (nSPS) is 26.3. The Morgan fingerprint density at radius 3 is 0.361 bits per heavy atom. The molecule has 8 aliphatic rings. The van der Waals surface area contributed by atoms with Gasteiger partial charge in [-0.2, -0.15) is 21.0 Å². The molecule has 0 nitrogen and oxygen atoms in total. The van der Waals surface area contributed by atoms with E-state index in [0.717, 1.165) is 45.3 Å². The van der Waals surface area contributed by atoms with Gasteiger partial charge in [0.15, 0.2) is 0 Å². The van der Waals surface area contributed by atoms with E-state index in [4.69, 9.17) is 96.2 Å². The Hall–Kier alpha value is 4.80. The van der Waals surface area contributed by atoms with E-state index in [1.165, 1.54) is 257 Å². The second-order valence-electron chi connectivity index (χ2n) is 20.9. The third kappa shape index (κ3) is 18.7. The first kappa shape index (κ1) is 58.4. The van der Waals surface area contributed by atoms with Gasteiger partial charge in [-0.1, -0.05) is 154 Å².